The number of aromatic nitrogens is 1. The molecular formula is C14H15ClN2O. The van der Waals surface area contributed by atoms with E-state index < -0.39 is 0 Å². The molecular weight excluding hydrogens is 248 g/mol. The Hall–Kier alpha value is -1.32. The topological polar surface area (TPSA) is 29.3 Å². The van der Waals surface area contributed by atoms with Crippen LogP contribution in [0.15, 0.2) is 28.8 Å². The van der Waals surface area contributed by atoms with Crippen LogP contribution in [0.25, 0.3) is 0 Å². The first-order chi connectivity index (χ1) is 8.70. The van der Waals surface area contributed by atoms with E-state index in [0.29, 0.717) is 0 Å². The molecule has 2 aromatic rings. The lowest BCUT2D eigenvalue weighted by Gasteiger charge is -2.28. The minimum Gasteiger partial charge on any atom is -0.361 e. The van der Waals surface area contributed by atoms with Gasteiger partial charge in [-0.05, 0) is 36.6 Å². The molecule has 2 heterocycles. The van der Waals surface area contributed by atoms with E-state index in [9.17, 15) is 0 Å². The lowest BCUT2D eigenvalue weighted by Crippen LogP contribution is -2.30. The van der Waals surface area contributed by atoms with E-state index in [1.54, 1.807) is 0 Å². The Morgan fingerprint density at radius 1 is 1.33 bits per heavy atom. The zero-order chi connectivity index (χ0) is 12.5. The Balaban J connectivity index is 1.74. The lowest BCUT2D eigenvalue weighted by atomic mass is 10.00. The van der Waals surface area contributed by atoms with Crippen LogP contribution in [0.1, 0.15) is 22.6 Å². The first kappa shape index (κ1) is 11.8. The maximum atomic E-state index is 6.04. The maximum absolute atomic E-state index is 6.04. The Labute approximate surface area is 111 Å². The van der Waals surface area contributed by atoms with Crippen LogP contribution in [0.3, 0.4) is 0 Å². The van der Waals surface area contributed by atoms with Gasteiger partial charge in [0, 0.05) is 30.7 Å². The van der Waals surface area contributed by atoms with Crippen molar-refractivity contribution in [3.8, 4) is 0 Å². The maximum Gasteiger partial charge on any atom is 0.133 e. The zero-order valence-electron chi connectivity index (χ0n) is 10.3. The summed E-state index contributed by atoms with van der Waals surface area (Å²) in [7, 11) is 0. The zero-order valence-corrected chi connectivity index (χ0v) is 11.1. The average molecular weight is 263 g/mol. The summed E-state index contributed by atoms with van der Waals surface area (Å²) >= 11 is 6.04. The monoisotopic (exact) mass is 262 g/mol. The fourth-order valence-electron chi connectivity index (χ4n) is 2.44. The molecule has 0 N–H and O–H groups in total. The molecule has 0 fully saturated rings. The van der Waals surface area contributed by atoms with Gasteiger partial charge in [-0.1, -0.05) is 22.8 Å². The van der Waals surface area contributed by atoms with Gasteiger partial charge in [-0.2, -0.15) is 0 Å². The minimum absolute atomic E-state index is 0.813. The predicted octanol–water partition coefficient (Wildman–Crippen LogP) is 3.19. The third kappa shape index (κ3) is 2.42. The first-order valence-electron chi connectivity index (χ1n) is 6.12. The molecule has 0 unspecified atom stereocenters. The molecule has 0 aliphatic carbocycles. The third-order valence-electron chi connectivity index (χ3n) is 3.32. The van der Waals surface area contributed by atoms with Gasteiger partial charge in [0.2, 0.25) is 0 Å². The summed E-state index contributed by atoms with van der Waals surface area (Å²) in [6, 6.07) is 8.16. The van der Waals surface area contributed by atoms with Crippen LogP contribution in [0.5, 0.6) is 0 Å². The van der Waals surface area contributed by atoms with Gasteiger partial charge >= 0.3 is 0 Å². The molecule has 18 heavy (non-hydrogen) atoms. The highest BCUT2D eigenvalue weighted by atomic mass is 35.5. The molecule has 4 heteroatoms. The normalized spacial score (nSPS) is 15.7. The number of hydrogen-bond donors (Lipinski definition) is 0. The van der Waals surface area contributed by atoms with Crippen LogP contribution in [-0.4, -0.2) is 16.6 Å². The number of rotatable bonds is 2. The number of benzene rings is 1. The van der Waals surface area contributed by atoms with E-state index in [2.05, 4.69) is 22.2 Å². The van der Waals surface area contributed by atoms with Gasteiger partial charge in [-0.15, -0.1) is 0 Å². The summed E-state index contributed by atoms with van der Waals surface area (Å²) in [4.78, 5) is 2.37. The van der Waals surface area contributed by atoms with Crippen molar-refractivity contribution in [3.63, 3.8) is 0 Å². The van der Waals surface area contributed by atoms with Gasteiger partial charge in [0.15, 0.2) is 0 Å². The molecule has 94 valence electrons. The Morgan fingerprint density at radius 2 is 2.22 bits per heavy atom. The SMILES string of the molecule is Cc1cc(CN2CCc3ccc(Cl)cc3C2)no1. The van der Waals surface area contributed by atoms with Crippen molar-refractivity contribution in [3.05, 3.63) is 51.9 Å². The van der Waals surface area contributed by atoms with Crippen LogP contribution < -0.4 is 0 Å². The fourth-order valence-corrected chi connectivity index (χ4v) is 2.64. The highest BCUT2D eigenvalue weighted by Gasteiger charge is 2.17. The summed E-state index contributed by atoms with van der Waals surface area (Å²) < 4.78 is 5.10. The average Bonchev–Trinajstić information content (AvgIpc) is 2.74. The van der Waals surface area contributed by atoms with Gasteiger partial charge < -0.3 is 4.52 Å². The predicted molar refractivity (Wildman–Crippen MR) is 70.5 cm³/mol. The molecule has 0 bridgehead atoms. The van der Waals surface area contributed by atoms with E-state index in [1.165, 1.54) is 11.1 Å². The van der Waals surface area contributed by atoms with Crippen LogP contribution in [0.4, 0.5) is 0 Å². The Morgan fingerprint density at radius 3 is 3.00 bits per heavy atom. The number of aryl methyl sites for hydroxylation is 1. The first-order valence-corrected chi connectivity index (χ1v) is 6.50. The van der Waals surface area contributed by atoms with Crippen molar-refractivity contribution in [2.24, 2.45) is 0 Å². The number of hydrogen-bond acceptors (Lipinski definition) is 3. The van der Waals surface area contributed by atoms with Gasteiger partial charge in [0.25, 0.3) is 0 Å². The molecule has 3 rings (SSSR count). The number of halogens is 1. The minimum atomic E-state index is 0.813. The second kappa shape index (κ2) is 4.75. The van der Waals surface area contributed by atoms with E-state index in [-0.39, 0.29) is 0 Å². The van der Waals surface area contributed by atoms with E-state index in [1.807, 2.05) is 19.1 Å². The van der Waals surface area contributed by atoms with Gasteiger partial charge in [0.05, 0.1) is 5.69 Å². The molecule has 1 aromatic heterocycles. The van der Waals surface area contributed by atoms with Crippen molar-refractivity contribution in [1.29, 1.82) is 0 Å². The van der Waals surface area contributed by atoms with E-state index in [0.717, 1.165) is 42.5 Å². The van der Waals surface area contributed by atoms with Crippen molar-refractivity contribution >= 4 is 11.6 Å². The van der Waals surface area contributed by atoms with Crippen LogP contribution >= 0.6 is 11.6 Å². The molecule has 1 aromatic carbocycles. The molecule has 0 saturated heterocycles. The second-order valence-electron chi connectivity index (χ2n) is 4.80. The smallest absolute Gasteiger partial charge is 0.133 e. The third-order valence-corrected chi connectivity index (χ3v) is 3.56. The highest BCUT2D eigenvalue weighted by Crippen LogP contribution is 2.23. The Bertz CT molecular complexity index is 565. The standard InChI is InChI=1S/C14H15ClN2O/c1-10-6-14(16-18-10)9-17-5-4-11-2-3-13(15)7-12(11)8-17/h2-3,6-7H,4-5,8-9H2,1H3. The van der Waals surface area contributed by atoms with E-state index in [4.69, 9.17) is 16.1 Å². The quantitative estimate of drug-likeness (QED) is 0.832. The molecule has 0 spiro atoms. The second-order valence-corrected chi connectivity index (χ2v) is 5.24. The van der Waals surface area contributed by atoms with Crippen molar-refractivity contribution in [1.82, 2.24) is 10.1 Å². The van der Waals surface area contributed by atoms with Gasteiger partial charge in [-0.25, -0.2) is 0 Å². The van der Waals surface area contributed by atoms with Gasteiger partial charge in [0.1, 0.15) is 5.76 Å². The summed E-state index contributed by atoms with van der Waals surface area (Å²) in [6.07, 6.45) is 1.07. The molecule has 0 atom stereocenters. The molecule has 0 radical (unpaired) electrons. The van der Waals surface area contributed by atoms with Crippen LogP contribution in [-0.2, 0) is 19.5 Å². The van der Waals surface area contributed by atoms with Crippen molar-refractivity contribution in [2.75, 3.05) is 6.54 Å². The highest BCUT2D eigenvalue weighted by molar-refractivity contribution is 6.30. The molecule has 0 amide bonds. The van der Waals surface area contributed by atoms with Crippen LogP contribution in [0, 0.1) is 6.92 Å². The van der Waals surface area contributed by atoms with Crippen LogP contribution in [0.2, 0.25) is 5.02 Å². The fraction of sp³-hybridized carbons (Fsp3) is 0.357. The summed E-state index contributed by atoms with van der Waals surface area (Å²) in [5.41, 5.74) is 3.74. The van der Waals surface area contributed by atoms with E-state index >= 15 is 0 Å². The molecule has 1 aliphatic heterocycles. The number of nitrogens with zero attached hydrogens (tertiary/aromatic N) is 2. The molecule has 1 aliphatic rings. The largest absolute Gasteiger partial charge is 0.361 e. The molecule has 3 nitrogen and oxygen atoms in total. The number of fused-ring (bicyclic) bond motifs is 1. The molecule has 0 saturated carbocycles. The lowest BCUT2D eigenvalue weighted by molar-refractivity contribution is 0.237. The summed E-state index contributed by atoms with van der Waals surface area (Å²) in [5, 5.41) is 4.85. The Kier molecular flexibility index (Phi) is 3.10. The summed E-state index contributed by atoms with van der Waals surface area (Å²) in [5.74, 6) is 0.866. The van der Waals surface area contributed by atoms with Crippen molar-refractivity contribution in [2.45, 2.75) is 26.4 Å². The summed E-state index contributed by atoms with van der Waals surface area (Å²) in [6.45, 7) is 4.74. The van der Waals surface area contributed by atoms with Gasteiger partial charge in [-0.3, -0.25) is 4.90 Å². The van der Waals surface area contributed by atoms with Crippen molar-refractivity contribution < 1.29 is 4.52 Å².